The number of carboxylic acid groups (broad SMARTS) is 1. The lowest BCUT2D eigenvalue weighted by atomic mass is 10.2. The van der Waals surface area contributed by atoms with Gasteiger partial charge in [-0.1, -0.05) is 25.1 Å². The predicted molar refractivity (Wildman–Crippen MR) is 79.3 cm³/mol. The standard InChI is InChI=1S/C13H19N3O4S/c1-3-5-9(13(18)19)15-10-6-14-7-11(16-10)21-8-12(17)20-4-2/h6-7,9H,3-5,8H2,1-2H3,(H,15,16)(H,18,19). The van der Waals surface area contributed by atoms with Gasteiger partial charge < -0.3 is 15.2 Å². The van der Waals surface area contributed by atoms with Gasteiger partial charge in [0, 0.05) is 0 Å². The van der Waals surface area contributed by atoms with Gasteiger partial charge in [-0.05, 0) is 13.3 Å². The largest absolute Gasteiger partial charge is 0.480 e. The topological polar surface area (TPSA) is 101 Å². The second kappa shape index (κ2) is 9.17. The summed E-state index contributed by atoms with van der Waals surface area (Å²) < 4.78 is 4.82. The molecule has 1 atom stereocenters. The number of esters is 1. The fraction of sp³-hybridized carbons (Fsp3) is 0.538. The maximum atomic E-state index is 11.3. The number of aliphatic carboxylic acids is 1. The smallest absolute Gasteiger partial charge is 0.326 e. The molecular formula is C13H19N3O4S. The fourth-order valence-corrected chi connectivity index (χ4v) is 2.19. The molecule has 0 saturated heterocycles. The molecule has 1 heterocycles. The summed E-state index contributed by atoms with van der Waals surface area (Å²) in [5.41, 5.74) is 0. The number of hydrogen-bond donors (Lipinski definition) is 2. The Balaban J connectivity index is 2.62. The average molecular weight is 313 g/mol. The number of ether oxygens (including phenoxy) is 1. The molecule has 0 aromatic carbocycles. The van der Waals surface area contributed by atoms with E-state index in [1.807, 2.05) is 6.92 Å². The van der Waals surface area contributed by atoms with Gasteiger partial charge in [0.05, 0.1) is 24.8 Å². The van der Waals surface area contributed by atoms with E-state index in [4.69, 9.17) is 9.84 Å². The molecule has 1 aromatic rings. The average Bonchev–Trinajstić information content (AvgIpc) is 2.45. The lowest BCUT2D eigenvalue weighted by Gasteiger charge is -2.14. The number of anilines is 1. The molecule has 1 aromatic heterocycles. The van der Waals surface area contributed by atoms with Gasteiger partial charge in [-0.25, -0.2) is 9.78 Å². The van der Waals surface area contributed by atoms with Crippen molar-refractivity contribution < 1.29 is 19.4 Å². The number of nitrogens with one attached hydrogen (secondary N) is 1. The molecule has 0 radical (unpaired) electrons. The maximum absolute atomic E-state index is 11.3. The van der Waals surface area contributed by atoms with Crippen LogP contribution < -0.4 is 5.32 Å². The molecular weight excluding hydrogens is 294 g/mol. The van der Waals surface area contributed by atoms with Crippen LogP contribution in [0, 0.1) is 0 Å². The Kier molecular flexibility index (Phi) is 7.52. The highest BCUT2D eigenvalue weighted by atomic mass is 32.2. The van der Waals surface area contributed by atoms with E-state index >= 15 is 0 Å². The van der Waals surface area contributed by atoms with E-state index in [0.29, 0.717) is 23.9 Å². The number of carbonyl (C=O) groups is 2. The minimum atomic E-state index is -0.928. The van der Waals surface area contributed by atoms with Gasteiger partial charge in [-0.2, -0.15) is 0 Å². The quantitative estimate of drug-likeness (QED) is 0.525. The zero-order valence-corrected chi connectivity index (χ0v) is 12.9. The number of carbonyl (C=O) groups excluding carboxylic acids is 1. The molecule has 0 fully saturated rings. The van der Waals surface area contributed by atoms with Crippen LogP contribution in [0.1, 0.15) is 26.7 Å². The van der Waals surface area contributed by atoms with Gasteiger partial charge >= 0.3 is 11.9 Å². The molecule has 0 aliphatic carbocycles. The van der Waals surface area contributed by atoms with Crippen LogP contribution in [0.15, 0.2) is 17.4 Å². The molecule has 0 aliphatic heterocycles. The molecule has 0 amide bonds. The highest BCUT2D eigenvalue weighted by Crippen LogP contribution is 2.17. The third-order valence-corrected chi connectivity index (χ3v) is 3.33. The SMILES string of the molecule is CCCC(Nc1cncc(SCC(=O)OCC)n1)C(=O)O. The zero-order chi connectivity index (χ0) is 15.7. The van der Waals surface area contributed by atoms with Gasteiger partial charge in [-0.3, -0.25) is 9.78 Å². The lowest BCUT2D eigenvalue weighted by molar-refractivity contribution is -0.140. The van der Waals surface area contributed by atoms with E-state index < -0.39 is 12.0 Å². The summed E-state index contributed by atoms with van der Waals surface area (Å²) in [5, 5.41) is 12.5. The van der Waals surface area contributed by atoms with Crippen LogP contribution in [0.4, 0.5) is 5.82 Å². The Labute approximate surface area is 127 Å². The van der Waals surface area contributed by atoms with Gasteiger partial charge in [0.15, 0.2) is 0 Å². The van der Waals surface area contributed by atoms with E-state index in [-0.39, 0.29) is 11.7 Å². The Morgan fingerprint density at radius 2 is 2.19 bits per heavy atom. The van der Waals surface area contributed by atoms with Crippen molar-refractivity contribution in [1.29, 1.82) is 0 Å². The van der Waals surface area contributed by atoms with Gasteiger partial charge in [0.2, 0.25) is 0 Å². The minimum Gasteiger partial charge on any atom is -0.480 e. The minimum absolute atomic E-state index is 0.142. The third kappa shape index (κ3) is 6.44. The highest BCUT2D eigenvalue weighted by Gasteiger charge is 2.16. The molecule has 21 heavy (non-hydrogen) atoms. The molecule has 2 N–H and O–H groups in total. The monoisotopic (exact) mass is 313 g/mol. The van der Waals surface area contributed by atoms with Gasteiger partial charge in [0.1, 0.15) is 16.9 Å². The van der Waals surface area contributed by atoms with Gasteiger partial charge in [0.25, 0.3) is 0 Å². The zero-order valence-electron chi connectivity index (χ0n) is 12.0. The molecule has 0 saturated carbocycles. The van der Waals surface area contributed by atoms with E-state index in [0.717, 1.165) is 6.42 Å². The van der Waals surface area contributed by atoms with Crippen LogP contribution in [0.3, 0.4) is 0 Å². The molecule has 0 bridgehead atoms. The van der Waals surface area contributed by atoms with Crippen LogP contribution in [0.5, 0.6) is 0 Å². The van der Waals surface area contributed by atoms with Crippen LogP contribution in [-0.4, -0.2) is 45.4 Å². The molecule has 116 valence electrons. The predicted octanol–water partition coefficient (Wildman–Crippen LogP) is 1.80. The summed E-state index contributed by atoms with van der Waals surface area (Å²) in [6, 6.07) is -0.699. The summed E-state index contributed by atoms with van der Waals surface area (Å²) >= 11 is 1.20. The summed E-state index contributed by atoms with van der Waals surface area (Å²) in [7, 11) is 0. The number of rotatable bonds is 9. The first-order valence-electron chi connectivity index (χ1n) is 6.66. The van der Waals surface area contributed by atoms with Crippen LogP contribution >= 0.6 is 11.8 Å². The second-order valence-corrected chi connectivity index (χ2v) is 5.16. The molecule has 0 spiro atoms. The van der Waals surface area contributed by atoms with Crippen molar-refractivity contribution in [3.8, 4) is 0 Å². The number of thioether (sulfide) groups is 1. The molecule has 8 heteroatoms. The van der Waals surface area contributed by atoms with Crippen molar-refractivity contribution in [1.82, 2.24) is 9.97 Å². The van der Waals surface area contributed by atoms with E-state index in [1.54, 1.807) is 6.92 Å². The number of carboxylic acids is 1. The van der Waals surface area contributed by atoms with Crippen molar-refractivity contribution >= 4 is 29.5 Å². The third-order valence-electron chi connectivity index (χ3n) is 2.45. The number of nitrogens with zero attached hydrogens (tertiary/aromatic N) is 2. The Bertz CT molecular complexity index is 484. The van der Waals surface area contributed by atoms with Gasteiger partial charge in [-0.15, -0.1) is 0 Å². The van der Waals surface area contributed by atoms with Crippen molar-refractivity contribution in [3.05, 3.63) is 12.4 Å². The summed E-state index contributed by atoms with van der Waals surface area (Å²) in [5.74, 6) is -0.728. The highest BCUT2D eigenvalue weighted by molar-refractivity contribution is 7.99. The molecule has 7 nitrogen and oxygen atoms in total. The molecule has 1 unspecified atom stereocenters. The first kappa shape index (κ1) is 17.2. The lowest BCUT2D eigenvalue weighted by Crippen LogP contribution is -2.29. The first-order valence-corrected chi connectivity index (χ1v) is 7.65. The van der Waals surface area contributed by atoms with Crippen molar-refractivity contribution in [2.24, 2.45) is 0 Å². The number of hydrogen-bond acceptors (Lipinski definition) is 7. The molecule has 1 rings (SSSR count). The Hall–Kier alpha value is -1.83. The van der Waals surface area contributed by atoms with Crippen LogP contribution in [-0.2, 0) is 14.3 Å². The Morgan fingerprint density at radius 3 is 2.81 bits per heavy atom. The summed E-state index contributed by atoms with van der Waals surface area (Å²) in [6.45, 7) is 3.99. The Morgan fingerprint density at radius 1 is 1.43 bits per heavy atom. The second-order valence-electron chi connectivity index (χ2n) is 4.16. The first-order chi connectivity index (χ1) is 10.1. The maximum Gasteiger partial charge on any atom is 0.326 e. The van der Waals surface area contributed by atoms with E-state index in [2.05, 4.69) is 15.3 Å². The van der Waals surface area contributed by atoms with E-state index in [9.17, 15) is 9.59 Å². The fourth-order valence-electron chi connectivity index (χ4n) is 1.55. The van der Waals surface area contributed by atoms with Crippen LogP contribution in [0.2, 0.25) is 0 Å². The number of aromatic nitrogens is 2. The van der Waals surface area contributed by atoms with Crippen molar-refractivity contribution in [2.75, 3.05) is 17.7 Å². The molecule has 0 aliphatic rings. The van der Waals surface area contributed by atoms with Crippen molar-refractivity contribution in [2.45, 2.75) is 37.8 Å². The van der Waals surface area contributed by atoms with Crippen molar-refractivity contribution in [3.63, 3.8) is 0 Å². The van der Waals surface area contributed by atoms with Crippen LogP contribution in [0.25, 0.3) is 0 Å². The normalized spacial score (nSPS) is 11.7. The summed E-state index contributed by atoms with van der Waals surface area (Å²) in [4.78, 5) is 30.6. The summed E-state index contributed by atoms with van der Waals surface area (Å²) in [6.07, 6.45) is 4.22. The van der Waals surface area contributed by atoms with E-state index in [1.165, 1.54) is 24.2 Å².